The van der Waals surface area contributed by atoms with Gasteiger partial charge in [0, 0.05) is 11.6 Å². The standard InChI is InChI=1S/C17H19ClN2/c1-2-6-13-11-16(18)20-17(19-13)15-10-5-8-12-7-3-4-9-14(12)15/h3-4,7,9,11,15H,2,5-6,8,10H2,1H3. The van der Waals surface area contributed by atoms with Gasteiger partial charge in [0.1, 0.15) is 11.0 Å². The molecule has 0 N–H and O–H groups in total. The van der Waals surface area contributed by atoms with Crippen LogP contribution in [0.5, 0.6) is 0 Å². The fraction of sp³-hybridized carbons (Fsp3) is 0.412. The summed E-state index contributed by atoms with van der Waals surface area (Å²) in [7, 11) is 0. The molecule has 1 unspecified atom stereocenters. The Kier molecular flexibility index (Phi) is 4.02. The van der Waals surface area contributed by atoms with Gasteiger partial charge in [0.25, 0.3) is 0 Å². The summed E-state index contributed by atoms with van der Waals surface area (Å²) < 4.78 is 0. The predicted octanol–water partition coefficient (Wildman–Crippen LogP) is 4.55. The normalized spacial score (nSPS) is 17.8. The maximum atomic E-state index is 6.18. The second kappa shape index (κ2) is 5.92. The minimum absolute atomic E-state index is 0.300. The molecule has 2 aromatic rings. The molecule has 0 fully saturated rings. The number of benzene rings is 1. The van der Waals surface area contributed by atoms with Gasteiger partial charge in [0.15, 0.2) is 0 Å². The van der Waals surface area contributed by atoms with Crippen LogP contribution >= 0.6 is 11.6 Å². The van der Waals surface area contributed by atoms with Crippen molar-refractivity contribution in [3.63, 3.8) is 0 Å². The third-order valence-electron chi connectivity index (χ3n) is 3.95. The Morgan fingerprint density at radius 1 is 1.25 bits per heavy atom. The van der Waals surface area contributed by atoms with Crippen molar-refractivity contribution in [3.8, 4) is 0 Å². The summed E-state index contributed by atoms with van der Waals surface area (Å²) in [5.41, 5.74) is 3.87. The summed E-state index contributed by atoms with van der Waals surface area (Å²) in [4.78, 5) is 9.24. The predicted molar refractivity (Wildman–Crippen MR) is 82.3 cm³/mol. The van der Waals surface area contributed by atoms with Crippen LogP contribution in [-0.4, -0.2) is 9.97 Å². The second-order valence-corrected chi connectivity index (χ2v) is 5.82. The maximum Gasteiger partial charge on any atom is 0.137 e. The Morgan fingerprint density at radius 3 is 2.95 bits per heavy atom. The van der Waals surface area contributed by atoms with E-state index in [2.05, 4.69) is 36.2 Å². The van der Waals surface area contributed by atoms with Gasteiger partial charge in [0.05, 0.1) is 0 Å². The third-order valence-corrected chi connectivity index (χ3v) is 4.15. The van der Waals surface area contributed by atoms with Crippen molar-refractivity contribution in [1.29, 1.82) is 0 Å². The first kappa shape index (κ1) is 13.6. The first-order valence-corrected chi connectivity index (χ1v) is 7.77. The Balaban J connectivity index is 2.01. The van der Waals surface area contributed by atoms with Gasteiger partial charge in [-0.25, -0.2) is 9.97 Å². The monoisotopic (exact) mass is 286 g/mol. The molecule has 1 atom stereocenters. The molecule has 1 heterocycles. The van der Waals surface area contributed by atoms with Crippen LogP contribution < -0.4 is 0 Å². The number of rotatable bonds is 3. The van der Waals surface area contributed by atoms with Gasteiger partial charge in [-0.15, -0.1) is 0 Å². The van der Waals surface area contributed by atoms with E-state index in [4.69, 9.17) is 16.6 Å². The van der Waals surface area contributed by atoms with Gasteiger partial charge in [-0.3, -0.25) is 0 Å². The van der Waals surface area contributed by atoms with Crippen molar-refractivity contribution in [2.24, 2.45) is 0 Å². The molecule has 3 rings (SSSR count). The lowest BCUT2D eigenvalue weighted by molar-refractivity contribution is 0.587. The number of aryl methyl sites for hydroxylation is 2. The molecule has 1 aliphatic rings. The van der Waals surface area contributed by atoms with E-state index in [1.165, 1.54) is 17.5 Å². The van der Waals surface area contributed by atoms with E-state index < -0.39 is 0 Å². The number of halogens is 1. The van der Waals surface area contributed by atoms with Crippen LogP contribution in [0.4, 0.5) is 0 Å². The van der Waals surface area contributed by atoms with Crippen LogP contribution in [0, 0.1) is 0 Å². The Morgan fingerprint density at radius 2 is 2.10 bits per heavy atom. The third kappa shape index (κ3) is 2.71. The zero-order valence-electron chi connectivity index (χ0n) is 11.8. The molecule has 0 radical (unpaired) electrons. The molecular formula is C17H19ClN2. The molecule has 0 spiro atoms. The second-order valence-electron chi connectivity index (χ2n) is 5.43. The molecule has 104 valence electrons. The van der Waals surface area contributed by atoms with Gasteiger partial charge < -0.3 is 0 Å². The van der Waals surface area contributed by atoms with Crippen LogP contribution in [-0.2, 0) is 12.8 Å². The number of fused-ring (bicyclic) bond motifs is 1. The number of aromatic nitrogens is 2. The van der Waals surface area contributed by atoms with Crippen molar-refractivity contribution in [2.75, 3.05) is 0 Å². The molecule has 3 heteroatoms. The summed E-state index contributed by atoms with van der Waals surface area (Å²) in [6.07, 6.45) is 5.51. The number of hydrogen-bond acceptors (Lipinski definition) is 2. The first-order valence-electron chi connectivity index (χ1n) is 7.39. The Labute approximate surface area is 125 Å². The zero-order chi connectivity index (χ0) is 13.9. The SMILES string of the molecule is CCCc1cc(Cl)nc(C2CCCc3ccccc32)n1. The lowest BCUT2D eigenvalue weighted by atomic mass is 9.82. The highest BCUT2D eigenvalue weighted by atomic mass is 35.5. The molecule has 0 saturated carbocycles. The highest BCUT2D eigenvalue weighted by Gasteiger charge is 2.24. The summed E-state index contributed by atoms with van der Waals surface area (Å²) in [5.74, 6) is 1.20. The van der Waals surface area contributed by atoms with Crippen LogP contribution in [0.1, 0.15) is 54.7 Å². The van der Waals surface area contributed by atoms with Gasteiger partial charge in [0.2, 0.25) is 0 Å². The molecule has 1 aromatic carbocycles. The molecule has 0 aliphatic heterocycles. The van der Waals surface area contributed by atoms with Crippen molar-refractivity contribution in [1.82, 2.24) is 9.97 Å². The van der Waals surface area contributed by atoms with E-state index in [-0.39, 0.29) is 0 Å². The van der Waals surface area contributed by atoms with Crippen molar-refractivity contribution < 1.29 is 0 Å². The molecule has 20 heavy (non-hydrogen) atoms. The Hall–Kier alpha value is -1.41. The average Bonchev–Trinajstić information content (AvgIpc) is 2.46. The van der Waals surface area contributed by atoms with Gasteiger partial charge in [-0.2, -0.15) is 0 Å². The highest BCUT2D eigenvalue weighted by Crippen LogP contribution is 2.35. The van der Waals surface area contributed by atoms with Crippen LogP contribution in [0.3, 0.4) is 0 Å². The number of nitrogens with zero attached hydrogens (tertiary/aromatic N) is 2. The summed E-state index contributed by atoms with van der Waals surface area (Å²) >= 11 is 6.18. The van der Waals surface area contributed by atoms with Crippen molar-refractivity contribution >= 4 is 11.6 Å². The largest absolute Gasteiger partial charge is 0.237 e. The average molecular weight is 287 g/mol. The lowest BCUT2D eigenvalue weighted by Gasteiger charge is -2.24. The summed E-state index contributed by atoms with van der Waals surface area (Å²) in [6, 6.07) is 10.5. The minimum Gasteiger partial charge on any atom is -0.237 e. The summed E-state index contributed by atoms with van der Waals surface area (Å²) in [5, 5.41) is 0.571. The topological polar surface area (TPSA) is 25.8 Å². The van der Waals surface area contributed by atoms with E-state index in [9.17, 15) is 0 Å². The molecule has 0 saturated heterocycles. The first-order chi connectivity index (χ1) is 9.78. The quantitative estimate of drug-likeness (QED) is 0.774. The fourth-order valence-corrected chi connectivity index (χ4v) is 3.26. The van der Waals surface area contributed by atoms with Crippen LogP contribution in [0.2, 0.25) is 5.15 Å². The van der Waals surface area contributed by atoms with Gasteiger partial charge in [-0.1, -0.05) is 49.2 Å². The molecule has 2 nitrogen and oxygen atoms in total. The van der Waals surface area contributed by atoms with E-state index in [0.717, 1.165) is 37.2 Å². The number of hydrogen-bond donors (Lipinski definition) is 0. The van der Waals surface area contributed by atoms with E-state index in [1.54, 1.807) is 0 Å². The van der Waals surface area contributed by atoms with Crippen LogP contribution in [0.15, 0.2) is 30.3 Å². The maximum absolute atomic E-state index is 6.18. The highest BCUT2D eigenvalue weighted by molar-refractivity contribution is 6.29. The summed E-state index contributed by atoms with van der Waals surface area (Å²) in [6.45, 7) is 2.16. The molecule has 0 bridgehead atoms. The van der Waals surface area contributed by atoms with E-state index in [1.807, 2.05) is 6.07 Å². The molecule has 0 amide bonds. The van der Waals surface area contributed by atoms with Crippen LogP contribution in [0.25, 0.3) is 0 Å². The Bertz CT molecular complexity index is 610. The molecule has 1 aromatic heterocycles. The fourth-order valence-electron chi connectivity index (χ4n) is 3.05. The van der Waals surface area contributed by atoms with E-state index in [0.29, 0.717) is 11.1 Å². The van der Waals surface area contributed by atoms with Crippen molar-refractivity contribution in [3.05, 3.63) is 58.1 Å². The van der Waals surface area contributed by atoms with Gasteiger partial charge in [-0.05, 0) is 42.9 Å². The smallest absolute Gasteiger partial charge is 0.137 e. The van der Waals surface area contributed by atoms with Crippen molar-refractivity contribution in [2.45, 2.75) is 44.9 Å². The molecular weight excluding hydrogens is 268 g/mol. The molecule has 1 aliphatic carbocycles. The van der Waals surface area contributed by atoms with E-state index >= 15 is 0 Å². The zero-order valence-corrected chi connectivity index (χ0v) is 12.5. The lowest BCUT2D eigenvalue weighted by Crippen LogP contribution is -2.14. The minimum atomic E-state index is 0.300. The van der Waals surface area contributed by atoms with Gasteiger partial charge >= 0.3 is 0 Å².